The number of hydrogen-bond acceptors (Lipinski definition) is 1. The second kappa shape index (κ2) is 10.7. The van der Waals surface area contributed by atoms with E-state index in [4.69, 9.17) is 4.74 Å². The summed E-state index contributed by atoms with van der Waals surface area (Å²) >= 11 is 0. The van der Waals surface area contributed by atoms with Gasteiger partial charge in [0.15, 0.2) is 0 Å². The van der Waals surface area contributed by atoms with Crippen LogP contribution < -0.4 is 4.74 Å². The molecule has 74 valence electrons. The van der Waals surface area contributed by atoms with Crippen molar-refractivity contribution in [3.05, 3.63) is 35.9 Å². The molecule has 1 aromatic rings. The van der Waals surface area contributed by atoms with E-state index in [1.807, 2.05) is 30.3 Å². The van der Waals surface area contributed by atoms with Crippen molar-refractivity contribution in [2.75, 3.05) is 6.61 Å². The summed E-state index contributed by atoms with van der Waals surface area (Å²) in [4.78, 5) is 0. The number of para-hydroxylation sites is 1. The van der Waals surface area contributed by atoms with Gasteiger partial charge in [0, 0.05) is 83.3 Å². The summed E-state index contributed by atoms with van der Waals surface area (Å²) in [7, 11) is 0. The van der Waals surface area contributed by atoms with Crippen LogP contribution in [0.5, 0.6) is 5.75 Å². The zero-order chi connectivity index (χ0) is 6.81. The first-order valence-electron chi connectivity index (χ1n) is 3.35. The fourth-order valence-electron chi connectivity index (χ4n) is 1.06. The largest absolute Gasteiger partial charge is 0.489 e. The van der Waals surface area contributed by atoms with E-state index in [2.05, 4.69) is 6.08 Å². The van der Waals surface area contributed by atoms with Gasteiger partial charge in [0.2, 0.25) is 0 Å². The molecule has 0 unspecified atom stereocenters. The van der Waals surface area contributed by atoms with E-state index in [1.165, 1.54) is 5.56 Å². The molecule has 1 nitrogen and oxygen atoms in total. The molecular formula is C9H8MnMoOVW. The van der Waals surface area contributed by atoms with Crippen LogP contribution in [0.15, 0.2) is 30.3 Å². The smallest absolute Gasteiger partial charge is 0.126 e. The second-order valence-corrected chi connectivity index (χ2v) is 2.25. The number of hydrogen-bond donors (Lipinski definition) is 0. The maximum absolute atomic E-state index is 5.34. The van der Waals surface area contributed by atoms with Crippen molar-refractivity contribution in [1.29, 1.82) is 0 Å². The normalized spacial score (nSPS) is 10.0. The number of fused-ring (bicyclic) bond motifs is 1. The molecule has 2 rings (SSSR count). The van der Waals surface area contributed by atoms with Gasteiger partial charge in [0.05, 0.1) is 0 Å². The predicted octanol–water partition coefficient (Wildman–Crippen LogP) is 2.08. The molecule has 0 saturated carbocycles. The Labute approximate surface area is 135 Å². The molecule has 1 aliphatic heterocycles. The zero-order valence-electron chi connectivity index (χ0n) is 7.22. The van der Waals surface area contributed by atoms with Gasteiger partial charge in [-0.05, 0) is 12.1 Å². The SMILES string of the molecule is C1=Cc2ccccc2OC1.[Mn].[Mo].[V].[W]. The first kappa shape index (κ1) is 20.6. The third-order valence-electron chi connectivity index (χ3n) is 1.55. The van der Waals surface area contributed by atoms with E-state index < -0.39 is 0 Å². The summed E-state index contributed by atoms with van der Waals surface area (Å²) in [5.74, 6) is 0.991. The van der Waals surface area contributed by atoms with E-state index >= 15 is 0 Å². The van der Waals surface area contributed by atoms with Gasteiger partial charge in [0.25, 0.3) is 0 Å². The first-order chi connectivity index (χ1) is 4.97. The summed E-state index contributed by atoms with van der Waals surface area (Å²) in [6.45, 7) is 0.705. The van der Waals surface area contributed by atoms with Crippen LogP contribution in [-0.2, 0) is 77.8 Å². The standard InChI is InChI=1S/C9H8O.Mn.Mo.V.W/c1-2-6-9-8(4-1)5-3-7-10-9;;;;/h1-6H,7H2;;;;. The van der Waals surface area contributed by atoms with Crippen LogP contribution in [0.2, 0.25) is 0 Å². The molecular weight excluding hydrogens is 510 g/mol. The average Bonchev–Trinajstić information content (AvgIpc) is 2.05. The summed E-state index contributed by atoms with van der Waals surface area (Å²) in [6, 6.07) is 8.03. The van der Waals surface area contributed by atoms with Crippen LogP contribution in [0, 0.1) is 0 Å². The Morgan fingerprint density at radius 3 is 2.43 bits per heavy atom. The quantitative estimate of drug-likeness (QED) is 0.479. The average molecular weight is 518 g/mol. The van der Waals surface area contributed by atoms with Gasteiger partial charge in [-0.25, -0.2) is 0 Å². The van der Waals surface area contributed by atoms with Gasteiger partial charge in [0.1, 0.15) is 12.4 Å². The topological polar surface area (TPSA) is 9.23 Å². The minimum absolute atomic E-state index is 0. The number of ether oxygens (including phenoxy) is 1. The van der Waals surface area contributed by atoms with Gasteiger partial charge in [-0.2, -0.15) is 0 Å². The molecule has 1 aromatic carbocycles. The van der Waals surface area contributed by atoms with E-state index in [-0.39, 0.29) is 77.8 Å². The van der Waals surface area contributed by atoms with Crippen LogP contribution in [0.25, 0.3) is 6.08 Å². The predicted molar refractivity (Wildman–Crippen MR) is 41.0 cm³/mol. The Hall–Kier alpha value is 1.24. The molecule has 5 heteroatoms. The summed E-state index contributed by atoms with van der Waals surface area (Å²) in [6.07, 6.45) is 4.10. The number of rotatable bonds is 0. The van der Waals surface area contributed by atoms with E-state index in [1.54, 1.807) is 0 Å². The molecule has 0 aromatic heterocycles. The van der Waals surface area contributed by atoms with Crippen LogP contribution in [0.1, 0.15) is 5.56 Å². The first-order valence-corrected chi connectivity index (χ1v) is 3.35. The summed E-state index contributed by atoms with van der Waals surface area (Å²) in [5.41, 5.74) is 1.17. The molecule has 0 atom stereocenters. The van der Waals surface area contributed by atoms with Gasteiger partial charge in [-0.15, -0.1) is 0 Å². The number of benzene rings is 1. The Morgan fingerprint density at radius 2 is 1.79 bits per heavy atom. The Morgan fingerprint density at radius 1 is 1.14 bits per heavy atom. The van der Waals surface area contributed by atoms with Crippen molar-refractivity contribution >= 4 is 6.08 Å². The Balaban J connectivity index is -0.000000302. The van der Waals surface area contributed by atoms with Crippen LogP contribution >= 0.6 is 0 Å². The second-order valence-electron chi connectivity index (χ2n) is 2.25. The Kier molecular flexibility index (Phi) is 15.8. The van der Waals surface area contributed by atoms with Crippen molar-refractivity contribution in [2.24, 2.45) is 0 Å². The van der Waals surface area contributed by atoms with Crippen molar-refractivity contribution in [2.45, 2.75) is 0 Å². The molecule has 14 heavy (non-hydrogen) atoms. The van der Waals surface area contributed by atoms with Crippen LogP contribution in [0.3, 0.4) is 0 Å². The minimum Gasteiger partial charge on any atom is -0.489 e. The van der Waals surface area contributed by atoms with Gasteiger partial charge in [-0.3, -0.25) is 0 Å². The molecule has 0 spiro atoms. The molecule has 1 heterocycles. The third-order valence-corrected chi connectivity index (χ3v) is 1.55. The molecule has 1 aliphatic rings. The molecule has 0 amide bonds. The van der Waals surface area contributed by atoms with Gasteiger partial charge in [-0.1, -0.05) is 24.3 Å². The molecule has 0 bridgehead atoms. The maximum atomic E-state index is 5.34. The fourth-order valence-corrected chi connectivity index (χ4v) is 1.06. The maximum Gasteiger partial charge on any atom is 0.126 e. The minimum atomic E-state index is 0. The monoisotopic (exact) mass is 520 g/mol. The van der Waals surface area contributed by atoms with Gasteiger partial charge < -0.3 is 4.74 Å². The summed E-state index contributed by atoms with van der Waals surface area (Å²) < 4.78 is 5.34. The molecule has 2 radical (unpaired) electrons. The van der Waals surface area contributed by atoms with Crippen molar-refractivity contribution in [3.8, 4) is 5.75 Å². The van der Waals surface area contributed by atoms with Crippen molar-refractivity contribution in [1.82, 2.24) is 0 Å². The Bertz CT molecular complexity index is 283. The van der Waals surface area contributed by atoms with E-state index in [9.17, 15) is 0 Å². The van der Waals surface area contributed by atoms with Gasteiger partial charge >= 0.3 is 0 Å². The zero-order valence-corrected chi connectivity index (χ0v) is 14.7. The van der Waals surface area contributed by atoms with Crippen LogP contribution in [0.4, 0.5) is 0 Å². The third kappa shape index (κ3) is 5.36. The van der Waals surface area contributed by atoms with Crippen LogP contribution in [-0.4, -0.2) is 6.61 Å². The summed E-state index contributed by atoms with van der Waals surface area (Å²) in [5, 5.41) is 0. The van der Waals surface area contributed by atoms with E-state index in [0.29, 0.717) is 6.61 Å². The van der Waals surface area contributed by atoms with Crippen molar-refractivity contribution < 1.29 is 82.5 Å². The molecule has 0 aliphatic carbocycles. The van der Waals surface area contributed by atoms with E-state index in [0.717, 1.165) is 5.75 Å². The fraction of sp³-hybridized carbons (Fsp3) is 0.111. The molecule has 0 N–H and O–H groups in total. The van der Waals surface area contributed by atoms with Crippen molar-refractivity contribution in [3.63, 3.8) is 0 Å². The molecule has 0 fully saturated rings. The molecule has 0 saturated heterocycles.